The van der Waals surface area contributed by atoms with Crippen LogP contribution in [0.15, 0.2) is 42.5 Å². The molecule has 6 heteroatoms. The van der Waals surface area contributed by atoms with Crippen LogP contribution in [-0.4, -0.2) is 30.5 Å². The van der Waals surface area contributed by atoms with Gasteiger partial charge in [-0.2, -0.15) is 0 Å². The fourth-order valence-electron chi connectivity index (χ4n) is 2.32. The van der Waals surface area contributed by atoms with E-state index in [9.17, 15) is 14.5 Å². The Morgan fingerprint density at radius 1 is 1.12 bits per heavy atom. The highest BCUT2D eigenvalue weighted by Crippen LogP contribution is 2.29. The molecular formula is C18H21FN2O3. The molecule has 24 heavy (non-hydrogen) atoms. The highest BCUT2D eigenvalue weighted by molar-refractivity contribution is 5.48. The molecule has 2 aromatic carbocycles. The lowest BCUT2D eigenvalue weighted by Gasteiger charge is -2.10. The average Bonchev–Trinajstić information content (AvgIpc) is 2.54. The summed E-state index contributed by atoms with van der Waals surface area (Å²) in [5.41, 5.74) is 1.62. The van der Waals surface area contributed by atoms with Gasteiger partial charge in [-0.15, -0.1) is 0 Å². The van der Waals surface area contributed by atoms with E-state index in [0.29, 0.717) is 0 Å². The summed E-state index contributed by atoms with van der Waals surface area (Å²) < 4.78 is 18.4. The molecule has 0 fully saturated rings. The quantitative estimate of drug-likeness (QED) is 0.545. The van der Waals surface area contributed by atoms with Gasteiger partial charge in [0.15, 0.2) is 5.75 Å². The van der Waals surface area contributed by atoms with Crippen molar-refractivity contribution in [2.24, 2.45) is 0 Å². The first-order chi connectivity index (χ1) is 11.5. The maximum atomic E-state index is 12.9. The lowest BCUT2D eigenvalue weighted by atomic mass is 10.1. The third kappa shape index (κ3) is 5.31. The summed E-state index contributed by atoms with van der Waals surface area (Å²) in [6, 6.07) is 10.9. The van der Waals surface area contributed by atoms with E-state index in [0.717, 1.165) is 30.5 Å². The van der Waals surface area contributed by atoms with Crippen molar-refractivity contribution in [2.75, 3.05) is 20.6 Å². The summed E-state index contributed by atoms with van der Waals surface area (Å²) in [5.74, 6) is -0.104. The molecule has 2 rings (SSSR count). The molecule has 0 bridgehead atoms. The van der Waals surface area contributed by atoms with E-state index in [2.05, 4.69) is 4.90 Å². The van der Waals surface area contributed by atoms with Crippen molar-refractivity contribution in [3.05, 3.63) is 69.5 Å². The monoisotopic (exact) mass is 332 g/mol. The zero-order valence-corrected chi connectivity index (χ0v) is 13.9. The summed E-state index contributed by atoms with van der Waals surface area (Å²) in [6.07, 6.45) is 1.71. The fraction of sp³-hybridized carbons (Fsp3) is 0.333. The molecule has 5 nitrogen and oxygen atoms in total. The molecule has 0 amide bonds. The normalized spacial score (nSPS) is 10.8. The van der Waals surface area contributed by atoms with E-state index in [1.807, 2.05) is 20.2 Å². The van der Waals surface area contributed by atoms with Gasteiger partial charge in [-0.05, 0) is 62.8 Å². The van der Waals surface area contributed by atoms with Gasteiger partial charge >= 0.3 is 5.69 Å². The Labute approximate surface area is 140 Å². The Kier molecular flexibility index (Phi) is 6.26. The van der Waals surface area contributed by atoms with E-state index in [1.54, 1.807) is 24.3 Å². The van der Waals surface area contributed by atoms with Crippen LogP contribution >= 0.6 is 0 Å². The lowest BCUT2D eigenvalue weighted by molar-refractivity contribution is -0.386. The Morgan fingerprint density at radius 3 is 2.42 bits per heavy atom. The second-order valence-electron chi connectivity index (χ2n) is 5.88. The second-order valence-corrected chi connectivity index (χ2v) is 5.88. The molecule has 0 N–H and O–H groups in total. The number of hydrogen-bond acceptors (Lipinski definition) is 4. The van der Waals surface area contributed by atoms with Crippen molar-refractivity contribution < 1.29 is 14.1 Å². The van der Waals surface area contributed by atoms with Crippen LogP contribution in [0, 0.1) is 15.9 Å². The number of rotatable bonds is 8. The molecule has 0 unspecified atom stereocenters. The number of ether oxygens (including phenoxy) is 1. The zero-order valence-electron chi connectivity index (χ0n) is 13.9. The van der Waals surface area contributed by atoms with Gasteiger partial charge in [-0.25, -0.2) is 4.39 Å². The largest absolute Gasteiger partial charge is 0.482 e. The van der Waals surface area contributed by atoms with E-state index in [-0.39, 0.29) is 23.9 Å². The van der Waals surface area contributed by atoms with Crippen LogP contribution in [0.4, 0.5) is 10.1 Å². The highest BCUT2D eigenvalue weighted by Gasteiger charge is 2.16. The van der Waals surface area contributed by atoms with Crippen LogP contribution in [0.25, 0.3) is 0 Å². The van der Waals surface area contributed by atoms with E-state index < -0.39 is 4.92 Å². The highest BCUT2D eigenvalue weighted by atomic mass is 19.1. The number of nitro groups is 1. The Bertz CT molecular complexity index is 687. The Morgan fingerprint density at radius 2 is 1.79 bits per heavy atom. The van der Waals surface area contributed by atoms with Crippen LogP contribution in [0.5, 0.6) is 5.75 Å². The minimum atomic E-state index is -0.435. The number of nitrogens with zero attached hydrogens (tertiary/aromatic N) is 2. The molecule has 0 aliphatic rings. The number of halogens is 1. The molecule has 0 aliphatic carbocycles. The first-order valence-corrected chi connectivity index (χ1v) is 7.75. The van der Waals surface area contributed by atoms with Gasteiger partial charge in [0.2, 0.25) is 0 Å². The van der Waals surface area contributed by atoms with Crippen molar-refractivity contribution in [1.82, 2.24) is 4.90 Å². The number of benzene rings is 2. The van der Waals surface area contributed by atoms with Gasteiger partial charge in [-0.1, -0.05) is 18.2 Å². The van der Waals surface area contributed by atoms with Gasteiger partial charge in [0.25, 0.3) is 0 Å². The van der Waals surface area contributed by atoms with Crippen LogP contribution in [0.3, 0.4) is 0 Å². The third-order valence-corrected chi connectivity index (χ3v) is 3.60. The van der Waals surface area contributed by atoms with Crippen molar-refractivity contribution in [3.8, 4) is 5.75 Å². The molecule has 0 aromatic heterocycles. The minimum absolute atomic E-state index is 0.0422. The summed E-state index contributed by atoms with van der Waals surface area (Å²) >= 11 is 0. The molecule has 0 atom stereocenters. The number of hydrogen-bond donors (Lipinski definition) is 0. The van der Waals surface area contributed by atoms with Crippen LogP contribution in [0.2, 0.25) is 0 Å². The van der Waals surface area contributed by atoms with Gasteiger partial charge in [0.05, 0.1) is 4.92 Å². The predicted molar refractivity (Wildman–Crippen MR) is 90.7 cm³/mol. The molecule has 0 spiro atoms. The lowest BCUT2D eigenvalue weighted by Crippen LogP contribution is -2.13. The van der Waals surface area contributed by atoms with Crippen molar-refractivity contribution in [2.45, 2.75) is 19.4 Å². The first-order valence-electron chi connectivity index (χ1n) is 7.75. The number of aryl methyl sites for hydroxylation is 1. The van der Waals surface area contributed by atoms with E-state index >= 15 is 0 Å². The van der Waals surface area contributed by atoms with Crippen molar-refractivity contribution in [3.63, 3.8) is 0 Å². The average molecular weight is 332 g/mol. The molecule has 2 aromatic rings. The summed E-state index contributed by atoms with van der Waals surface area (Å²) in [4.78, 5) is 12.9. The molecule has 0 saturated heterocycles. The molecule has 0 aliphatic heterocycles. The van der Waals surface area contributed by atoms with Crippen molar-refractivity contribution in [1.29, 1.82) is 0 Å². The smallest absolute Gasteiger partial charge is 0.311 e. The van der Waals surface area contributed by atoms with Crippen LogP contribution < -0.4 is 4.74 Å². The Hall–Kier alpha value is -2.47. The van der Waals surface area contributed by atoms with E-state index in [1.165, 1.54) is 12.1 Å². The molecule has 0 saturated carbocycles. The molecule has 128 valence electrons. The fourth-order valence-corrected chi connectivity index (χ4v) is 2.32. The van der Waals surface area contributed by atoms with Crippen molar-refractivity contribution >= 4 is 5.69 Å². The molecule has 0 heterocycles. The minimum Gasteiger partial charge on any atom is -0.482 e. The second kappa shape index (κ2) is 8.40. The summed E-state index contributed by atoms with van der Waals surface area (Å²) in [6.45, 7) is 1.08. The van der Waals surface area contributed by atoms with Crippen LogP contribution in [0.1, 0.15) is 17.5 Å². The van der Waals surface area contributed by atoms with Gasteiger partial charge in [-0.3, -0.25) is 10.1 Å². The maximum Gasteiger partial charge on any atom is 0.311 e. The topological polar surface area (TPSA) is 55.6 Å². The third-order valence-electron chi connectivity index (χ3n) is 3.60. The summed E-state index contributed by atoms with van der Waals surface area (Å²) in [5, 5.41) is 11.3. The van der Waals surface area contributed by atoms with Crippen LogP contribution in [-0.2, 0) is 13.0 Å². The number of nitro benzene ring substituents is 1. The maximum absolute atomic E-state index is 12.9. The molecule has 0 radical (unpaired) electrons. The van der Waals surface area contributed by atoms with Gasteiger partial charge in [0, 0.05) is 6.07 Å². The van der Waals surface area contributed by atoms with E-state index in [4.69, 9.17) is 4.74 Å². The summed E-state index contributed by atoms with van der Waals surface area (Å²) in [7, 11) is 3.99. The molecular weight excluding hydrogens is 311 g/mol. The zero-order chi connectivity index (χ0) is 17.5. The van der Waals surface area contributed by atoms with Gasteiger partial charge in [0.1, 0.15) is 12.4 Å². The van der Waals surface area contributed by atoms with Gasteiger partial charge < -0.3 is 9.64 Å². The predicted octanol–water partition coefficient (Wildman–Crippen LogP) is 3.81. The Balaban J connectivity index is 2.05. The first kappa shape index (κ1) is 17.9. The standard InChI is InChI=1S/C18H21FN2O3/c1-20(2)11-3-4-14-7-10-18(17(12-14)21(22)23)24-13-15-5-8-16(19)9-6-15/h5-10,12H,3-4,11,13H2,1-2H3. The SMILES string of the molecule is CN(C)CCCc1ccc(OCc2ccc(F)cc2)c([N+](=O)[O-])c1.